The first-order valence-corrected chi connectivity index (χ1v) is 11.4. The Labute approximate surface area is 159 Å². The molecule has 1 fully saturated rings. The van der Waals surface area contributed by atoms with Crippen molar-refractivity contribution in [3.8, 4) is 0 Å². The molecule has 1 rings (SSSR count). The van der Waals surface area contributed by atoms with Crippen LogP contribution in [0.4, 0.5) is 0 Å². The number of morpholine rings is 1. The number of guanidine groups is 1. The number of rotatable bonds is 10. The fourth-order valence-corrected chi connectivity index (χ4v) is 3.83. The van der Waals surface area contributed by atoms with Crippen molar-refractivity contribution in [2.75, 3.05) is 65.3 Å². The smallest absolute Gasteiger partial charge is 0.211 e. The third-order valence-electron chi connectivity index (χ3n) is 4.53. The van der Waals surface area contributed by atoms with E-state index in [1.54, 1.807) is 0 Å². The molecule has 1 saturated heterocycles. The summed E-state index contributed by atoms with van der Waals surface area (Å²) < 4.78 is 30.1. The van der Waals surface area contributed by atoms with Crippen LogP contribution < -0.4 is 10.6 Å². The molecule has 154 valence electrons. The molecule has 8 nitrogen and oxygen atoms in total. The molecule has 9 heteroatoms. The third kappa shape index (κ3) is 8.20. The Hall–Kier alpha value is -0.900. The minimum atomic E-state index is -3.12. The highest BCUT2D eigenvalue weighted by molar-refractivity contribution is 7.88. The van der Waals surface area contributed by atoms with Gasteiger partial charge in [-0.05, 0) is 27.2 Å². The molecule has 0 aliphatic carbocycles. The van der Waals surface area contributed by atoms with Gasteiger partial charge in [-0.3, -0.25) is 9.89 Å². The van der Waals surface area contributed by atoms with Crippen molar-refractivity contribution in [3.05, 3.63) is 0 Å². The SMILES string of the molecule is CCNC(=NCC(C)(C)N1CCOCC1)NCCCN(CC)S(C)(=O)=O. The van der Waals surface area contributed by atoms with Crippen LogP contribution in [-0.4, -0.2) is 94.4 Å². The van der Waals surface area contributed by atoms with Gasteiger partial charge in [0.15, 0.2) is 5.96 Å². The molecule has 0 aromatic rings. The van der Waals surface area contributed by atoms with Crippen LogP contribution in [0.3, 0.4) is 0 Å². The van der Waals surface area contributed by atoms with Gasteiger partial charge in [-0.2, -0.15) is 0 Å². The summed E-state index contributed by atoms with van der Waals surface area (Å²) in [7, 11) is -3.12. The lowest BCUT2D eigenvalue weighted by atomic mass is 10.0. The summed E-state index contributed by atoms with van der Waals surface area (Å²) in [6, 6.07) is 0. The second kappa shape index (κ2) is 11.1. The number of nitrogens with zero attached hydrogens (tertiary/aromatic N) is 3. The largest absolute Gasteiger partial charge is 0.379 e. The van der Waals surface area contributed by atoms with Gasteiger partial charge in [0.1, 0.15) is 0 Å². The maximum absolute atomic E-state index is 11.6. The lowest BCUT2D eigenvalue weighted by Crippen LogP contribution is -2.52. The first-order chi connectivity index (χ1) is 12.2. The first-order valence-electron chi connectivity index (χ1n) is 9.50. The molecule has 1 aliphatic rings. The van der Waals surface area contributed by atoms with Crippen molar-refractivity contribution in [2.24, 2.45) is 4.99 Å². The molecule has 0 saturated carbocycles. The minimum absolute atomic E-state index is 0.0264. The maximum atomic E-state index is 11.6. The first kappa shape index (κ1) is 23.1. The number of nitrogens with one attached hydrogen (secondary N) is 2. The van der Waals surface area contributed by atoms with E-state index < -0.39 is 10.0 Å². The molecule has 0 amide bonds. The second-order valence-electron chi connectivity index (χ2n) is 7.14. The molecule has 1 aliphatic heterocycles. The van der Waals surface area contributed by atoms with Crippen LogP contribution in [0.1, 0.15) is 34.1 Å². The highest BCUT2D eigenvalue weighted by Crippen LogP contribution is 2.16. The Kier molecular flexibility index (Phi) is 9.84. The monoisotopic (exact) mass is 391 g/mol. The van der Waals surface area contributed by atoms with E-state index in [9.17, 15) is 8.42 Å². The molecule has 1 heterocycles. The van der Waals surface area contributed by atoms with Gasteiger partial charge in [0.05, 0.1) is 26.0 Å². The van der Waals surface area contributed by atoms with Gasteiger partial charge in [0.25, 0.3) is 0 Å². The predicted octanol–water partition coefficient (Wildman–Crippen LogP) is 0.324. The van der Waals surface area contributed by atoms with Gasteiger partial charge >= 0.3 is 0 Å². The molecule has 0 aromatic carbocycles. The van der Waals surface area contributed by atoms with E-state index in [2.05, 4.69) is 29.4 Å². The van der Waals surface area contributed by atoms with Crippen molar-refractivity contribution in [3.63, 3.8) is 0 Å². The Bertz CT molecular complexity index is 531. The molecule has 0 atom stereocenters. The zero-order valence-corrected chi connectivity index (χ0v) is 17.9. The average molecular weight is 392 g/mol. The number of sulfonamides is 1. The molecule has 0 unspecified atom stereocenters. The zero-order valence-electron chi connectivity index (χ0n) is 17.0. The van der Waals surface area contributed by atoms with Gasteiger partial charge in [-0.1, -0.05) is 6.92 Å². The normalized spacial score (nSPS) is 17.5. The topological polar surface area (TPSA) is 86.3 Å². The molecular weight excluding hydrogens is 354 g/mol. The fraction of sp³-hybridized carbons (Fsp3) is 0.941. The minimum Gasteiger partial charge on any atom is -0.379 e. The zero-order chi connectivity index (χ0) is 19.6. The van der Waals surface area contributed by atoms with Crippen LogP contribution in [0.25, 0.3) is 0 Å². The van der Waals surface area contributed by atoms with Crippen molar-refractivity contribution >= 4 is 16.0 Å². The standard InChI is InChI=1S/C17H37N5O3S/c1-6-18-16(19-9-8-10-22(7-2)26(5,23)24)20-15-17(3,4)21-11-13-25-14-12-21/h6-15H2,1-5H3,(H2,18,19,20). The van der Waals surface area contributed by atoms with E-state index in [1.807, 2.05) is 13.8 Å². The summed E-state index contributed by atoms with van der Waals surface area (Å²) in [4.78, 5) is 7.14. The van der Waals surface area contributed by atoms with E-state index in [-0.39, 0.29) is 5.54 Å². The Balaban J connectivity index is 2.50. The van der Waals surface area contributed by atoms with Gasteiger partial charge in [0.2, 0.25) is 10.0 Å². The van der Waals surface area contributed by atoms with E-state index in [0.29, 0.717) is 26.2 Å². The van der Waals surface area contributed by atoms with Crippen LogP contribution >= 0.6 is 0 Å². The molecule has 26 heavy (non-hydrogen) atoms. The summed E-state index contributed by atoms with van der Waals surface area (Å²) in [6.45, 7) is 14.9. The van der Waals surface area contributed by atoms with Gasteiger partial charge in [-0.15, -0.1) is 0 Å². The summed E-state index contributed by atoms with van der Waals surface area (Å²) >= 11 is 0. The summed E-state index contributed by atoms with van der Waals surface area (Å²) in [5.74, 6) is 0.774. The lowest BCUT2D eigenvalue weighted by Gasteiger charge is -2.39. The van der Waals surface area contributed by atoms with Crippen molar-refractivity contribution in [2.45, 2.75) is 39.7 Å². The van der Waals surface area contributed by atoms with Crippen LogP contribution in [0.2, 0.25) is 0 Å². The van der Waals surface area contributed by atoms with Gasteiger partial charge in [0, 0.05) is 44.8 Å². The second-order valence-corrected chi connectivity index (χ2v) is 9.12. The third-order valence-corrected chi connectivity index (χ3v) is 5.91. The quantitative estimate of drug-likeness (QED) is 0.317. The molecule has 0 radical (unpaired) electrons. The maximum Gasteiger partial charge on any atom is 0.211 e. The summed E-state index contributed by atoms with van der Waals surface area (Å²) in [5.41, 5.74) is -0.0264. The van der Waals surface area contributed by atoms with E-state index in [0.717, 1.165) is 45.2 Å². The molecule has 0 bridgehead atoms. The van der Waals surface area contributed by atoms with Crippen LogP contribution in [0, 0.1) is 0 Å². The van der Waals surface area contributed by atoms with Crippen molar-refractivity contribution < 1.29 is 13.2 Å². The van der Waals surface area contributed by atoms with Crippen LogP contribution in [0.5, 0.6) is 0 Å². The van der Waals surface area contributed by atoms with Gasteiger partial charge < -0.3 is 15.4 Å². The highest BCUT2D eigenvalue weighted by atomic mass is 32.2. The number of aliphatic imine (C=N–C) groups is 1. The fourth-order valence-electron chi connectivity index (χ4n) is 2.90. The van der Waals surface area contributed by atoms with Crippen LogP contribution in [-0.2, 0) is 14.8 Å². The van der Waals surface area contributed by atoms with Gasteiger partial charge in [-0.25, -0.2) is 12.7 Å². The molecule has 2 N–H and O–H groups in total. The predicted molar refractivity (Wildman–Crippen MR) is 107 cm³/mol. The molecule has 0 spiro atoms. The highest BCUT2D eigenvalue weighted by Gasteiger charge is 2.28. The number of hydrogen-bond acceptors (Lipinski definition) is 5. The Morgan fingerprint density at radius 1 is 1.23 bits per heavy atom. The van der Waals surface area contributed by atoms with E-state index >= 15 is 0 Å². The van der Waals surface area contributed by atoms with Crippen LogP contribution in [0.15, 0.2) is 4.99 Å². The summed E-state index contributed by atoms with van der Waals surface area (Å²) in [6.07, 6.45) is 1.99. The Morgan fingerprint density at radius 2 is 1.88 bits per heavy atom. The summed E-state index contributed by atoms with van der Waals surface area (Å²) in [5, 5.41) is 6.56. The Morgan fingerprint density at radius 3 is 2.42 bits per heavy atom. The molecular formula is C17H37N5O3S. The molecule has 0 aromatic heterocycles. The number of ether oxygens (including phenoxy) is 1. The van der Waals surface area contributed by atoms with Crippen molar-refractivity contribution in [1.29, 1.82) is 0 Å². The van der Waals surface area contributed by atoms with Crippen molar-refractivity contribution in [1.82, 2.24) is 19.8 Å². The lowest BCUT2D eigenvalue weighted by molar-refractivity contribution is -0.00683. The van der Waals surface area contributed by atoms with E-state index in [1.165, 1.54) is 10.6 Å². The number of hydrogen-bond donors (Lipinski definition) is 2. The average Bonchev–Trinajstić information content (AvgIpc) is 2.59. The van der Waals surface area contributed by atoms with E-state index in [4.69, 9.17) is 9.73 Å².